The van der Waals surface area contributed by atoms with Crippen LogP contribution in [0.3, 0.4) is 0 Å². The second kappa shape index (κ2) is 4.84. The fourth-order valence-corrected chi connectivity index (χ4v) is 1.20. The zero-order valence-electron chi connectivity index (χ0n) is 7.89. The molecule has 1 rings (SSSR count). The van der Waals surface area contributed by atoms with Gasteiger partial charge in [0.05, 0.1) is 17.7 Å². The number of nitrogens with zero attached hydrogens (tertiary/aromatic N) is 1. The highest BCUT2D eigenvalue weighted by Gasteiger charge is 2.17. The van der Waals surface area contributed by atoms with Crippen LogP contribution in [-0.4, -0.2) is 22.9 Å². The smallest absolute Gasteiger partial charge is 0.124 e. The van der Waals surface area contributed by atoms with E-state index in [0.29, 0.717) is 0 Å². The molecule has 80 valence electrons. The van der Waals surface area contributed by atoms with Crippen LogP contribution < -0.4 is 5.73 Å². The largest absolute Gasteiger partial charge is 0.389 e. The standard InChI is InChI=1S/C10H11FN2O2/c11-8-2-6(4-12)1-7(3-8)10(15)9(14)5-13/h1-3,9-10,14-15H,5,13H2. The maximum absolute atomic E-state index is 13.0. The third-order valence-corrected chi connectivity index (χ3v) is 2.00. The Kier molecular flexibility index (Phi) is 3.74. The van der Waals surface area contributed by atoms with E-state index in [-0.39, 0.29) is 17.7 Å². The van der Waals surface area contributed by atoms with Crippen LogP contribution in [0.15, 0.2) is 18.2 Å². The van der Waals surface area contributed by atoms with Crippen molar-refractivity contribution in [3.8, 4) is 6.07 Å². The number of benzene rings is 1. The van der Waals surface area contributed by atoms with Crippen molar-refractivity contribution < 1.29 is 14.6 Å². The van der Waals surface area contributed by atoms with Crippen molar-refractivity contribution in [1.29, 1.82) is 5.26 Å². The summed E-state index contributed by atoms with van der Waals surface area (Å²) in [5, 5.41) is 27.4. The van der Waals surface area contributed by atoms with Crippen molar-refractivity contribution in [2.45, 2.75) is 12.2 Å². The highest BCUT2D eigenvalue weighted by Crippen LogP contribution is 2.19. The second-order valence-electron chi connectivity index (χ2n) is 3.13. The fourth-order valence-electron chi connectivity index (χ4n) is 1.20. The van der Waals surface area contributed by atoms with Gasteiger partial charge in [-0.3, -0.25) is 0 Å². The summed E-state index contributed by atoms with van der Waals surface area (Å²) in [6, 6.07) is 5.17. The van der Waals surface area contributed by atoms with Gasteiger partial charge in [-0.2, -0.15) is 5.26 Å². The average molecular weight is 210 g/mol. The molecule has 0 radical (unpaired) electrons. The number of aliphatic hydroxyl groups is 2. The Morgan fingerprint density at radius 3 is 2.60 bits per heavy atom. The van der Waals surface area contributed by atoms with Gasteiger partial charge in [-0.25, -0.2) is 4.39 Å². The van der Waals surface area contributed by atoms with E-state index in [1.807, 2.05) is 0 Å². The van der Waals surface area contributed by atoms with Crippen molar-refractivity contribution in [3.63, 3.8) is 0 Å². The molecule has 0 saturated heterocycles. The molecule has 0 saturated carbocycles. The highest BCUT2D eigenvalue weighted by molar-refractivity contribution is 5.34. The van der Waals surface area contributed by atoms with Crippen LogP contribution in [0.4, 0.5) is 4.39 Å². The van der Waals surface area contributed by atoms with Crippen molar-refractivity contribution >= 4 is 0 Å². The first-order valence-electron chi connectivity index (χ1n) is 4.35. The molecule has 0 amide bonds. The van der Waals surface area contributed by atoms with E-state index in [0.717, 1.165) is 12.1 Å². The van der Waals surface area contributed by atoms with Gasteiger partial charge in [0.25, 0.3) is 0 Å². The molecule has 15 heavy (non-hydrogen) atoms. The molecule has 0 bridgehead atoms. The molecule has 1 aromatic rings. The van der Waals surface area contributed by atoms with Gasteiger partial charge < -0.3 is 15.9 Å². The number of nitrogens with two attached hydrogens (primary N) is 1. The first-order valence-corrected chi connectivity index (χ1v) is 4.35. The molecule has 0 fully saturated rings. The molecule has 2 atom stereocenters. The van der Waals surface area contributed by atoms with Crippen molar-refractivity contribution in [2.24, 2.45) is 5.73 Å². The minimum absolute atomic E-state index is 0.0910. The van der Waals surface area contributed by atoms with Gasteiger partial charge >= 0.3 is 0 Å². The van der Waals surface area contributed by atoms with E-state index in [4.69, 9.17) is 11.0 Å². The van der Waals surface area contributed by atoms with Crippen LogP contribution in [0.5, 0.6) is 0 Å². The Morgan fingerprint density at radius 2 is 2.07 bits per heavy atom. The summed E-state index contributed by atoms with van der Waals surface area (Å²) in [6.45, 7) is -0.139. The number of rotatable bonds is 3. The summed E-state index contributed by atoms with van der Waals surface area (Å²) in [6.07, 6.45) is -2.45. The quantitative estimate of drug-likeness (QED) is 0.657. The molecule has 1 aromatic carbocycles. The zero-order chi connectivity index (χ0) is 11.4. The molecule has 0 heterocycles. The number of nitriles is 1. The lowest BCUT2D eigenvalue weighted by Gasteiger charge is -2.16. The van der Waals surface area contributed by atoms with Gasteiger partial charge in [-0.05, 0) is 23.8 Å². The van der Waals surface area contributed by atoms with Gasteiger partial charge in [-0.1, -0.05) is 0 Å². The lowest BCUT2D eigenvalue weighted by Crippen LogP contribution is -2.27. The van der Waals surface area contributed by atoms with E-state index in [9.17, 15) is 14.6 Å². The molecule has 2 unspecified atom stereocenters. The van der Waals surface area contributed by atoms with Crippen LogP contribution >= 0.6 is 0 Å². The third-order valence-electron chi connectivity index (χ3n) is 2.00. The molecular formula is C10H11FN2O2. The van der Waals surface area contributed by atoms with Crippen LogP contribution in [0, 0.1) is 17.1 Å². The van der Waals surface area contributed by atoms with Crippen molar-refractivity contribution in [2.75, 3.05) is 6.54 Å². The molecule has 0 spiro atoms. The topological polar surface area (TPSA) is 90.3 Å². The SMILES string of the molecule is N#Cc1cc(F)cc(C(O)C(O)CN)c1. The first kappa shape index (κ1) is 11.6. The number of hydrogen-bond donors (Lipinski definition) is 3. The van der Waals surface area contributed by atoms with Gasteiger partial charge in [-0.15, -0.1) is 0 Å². The lowest BCUT2D eigenvalue weighted by molar-refractivity contribution is 0.0241. The van der Waals surface area contributed by atoms with Crippen LogP contribution in [0.2, 0.25) is 0 Å². The average Bonchev–Trinajstić information content (AvgIpc) is 2.26. The van der Waals surface area contributed by atoms with Gasteiger partial charge in [0, 0.05) is 6.54 Å². The monoisotopic (exact) mass is 210 g/mol. The summed E-state index contributed by atoms with van der Waals surface area (Å²) < 4.78 is 13.0. The fraction of sp³-hybridized carbons (Fsp3) is 0.300. The van der Waals surface area contributed by atoms with E-state index >= 15 is 0 Å². The number of hydrogen-bond acceptors (Lipinski definition) is 4. The molecule has 0 aromatic heterocycles. The molecule has 0 aliphatic rings. The Balaban J connectivity index is 3.04. The predicted octanol–water partition coefficient (Wildman–Crippen LogP) is 0.0504. The summed E-state index contributed by atoms with van der Waals surface area (Å²) in [4.78, 5) is 0. The van der Waals surface area contributed by atoms with Gasteiger partial charge in [0.1, 0.15) is 11.9 Å². The predicted molar refractivity (Wildman–Crippen MR) is 51.1 cm³/mol. The Bertz CT molecular complexity index is 389. The molecule has 5 heteroatoms. The highest BCUT2D eigenvalue weighted by atomic mass is 19.1. The Morgan fingerprint density at radius 1 is 1.40 bits per heavy atom. The minimum atomic E-state index is -1.28. The Hall–Kier alpha value is -1.48. The van der Waals surface area contributed by atoms with E-state index in [2.05, 4.69) is 0 Å². The summed E-state index contributed by atoms with van der Waals surface area (Å²) in [5.41, 5.74) is 5.38. The van der Waals surface area contributed by atoms with Crippen LogP contribution in [0.1, 0.15) is 17.2 Å². The lowest BCUT2D eigenvalue weighted by atomic mass is 10.0. The van der Waals surface area contributed by atoms with Crippen molar-refractivity contribution in [1.82, 2.24) is 0 Å². The number of halogens is 1. The molecule has 0 aliphatic heterocycles. The molecule has 4 nitrogen and oxygen atoms in total. The number of aliphatic hydroxyl groups excluding tert-OH is 2. The summed E-state index contributed by atoms with van der Waals surface area (Å²) >= 11 is 0. The van der Waals surface area contributed by atoms with E-state index in [1.54, 1.807) is 6.07 Å². The minimum Gasteiger partial charge on any atom is -0.389 e. The van der Waals surface area contributed by atoms with Gasteiger partial charge in [0.2, 0.25) is 0 Å². The van der Waals surface area contributed by atoms with Crippen LogP contribution in [-0.2, 0) is 0 Å². The van der Waals surface area contributed by atoms with Crippen LogP contribution in [0.25, 0.3) is 0 Å². The van der Waals surface area contributed by atoms with Crippen molar-refractivity contribution in [3.05, 3.63) is 35.1 Å². The zero-order valence-corrected chi connectivity index (χ0v) is 7.89. The molecule has 0 aliphatic carbocycles. The van der Waals surface area contributed by atoms with Gasteiger partial charge in [0.15, 0.2) is 0 Å². The molecular weight excluding hydrogens is 199 g/mol. The first-order chi connectivity index (χ1) is 7.08. The Labute approximate surface area is 86.4 Å². The van der Waals surface area contributed by atoms with E-state index in [1.165, 1.54) is 6.07 Å². The normalized spacial score (nSPS) is 14.3. The maximum atomic E-state index is 13.0. The summed E-state index contributed by atoms with van der Waals surface area (Å²) in [7, 11) is 0. The summed E-state index contributed by atoms with van der Waals surface area (Å²) in [5.74, 6) is -0.632. The second-order valence-corrected chi connectivity index (χ2v) is 3.13. The maximum Gasteiger partial charge on any atom is 0.124 e. The van der Waals surface area contributed by atoms with E-state index < -0.39 is 18.0 Å². The third kappa shape index (κ3) is 2.73. The molecule has 4 N–H and O–H groups in total.